The normalized spacial score (nSPS) is 13.2. The van der Waals surface area contributed by atoms with Crippen molar-refractivity contribution in [3.05, 3.63) is 0 Å². The summed E-state index contributed by atoms with van der Waals surface area (Å²) in [6.45, 7) is 4.14. The summed E-state index contributed by atoms with van der Waals surface area (Å²) >= 11 is 0. The van der Waals surface area contributed by atoms with Crippen molar-refractivity contribution in [1.82, 2.24) is 0 Å². The Kier molecular flexibility index (Phi) is 17.4. The molecular weight excluding hydrogens is 291 g/mol. The van der Waals surface area contributed by atoms with E-state index in [-0.39, 0.29) is 41.4 Å². The molecule has 0 rings (SSSR count). The van der Waals surface area contributed by atoms with Crippen LogP contribution in [0.15, 0.2) is 0 Å². The molecule has 2 N–H and O–H groups in total. The van der Waals surface area contributed by atoms with E-state index in [1.165, 1.54) is 25.7 Å². The predicted molar refractivity (Wildman–Crippen MR) is 91.5 cm³/mol. The first-order valence-electron chi connectivity index (χ1n) is 8.48. The van der Waals surface area contributed by atoms with Gasteiger partial charge in [0.2, 0.25) is 0 Å². The number of aliphatic carboxylic acids is 2. The predicted octanol–water partition coefficient (Wildman–Crippen LogP) is 4.07. The van der Waals surface area contributed by atoms with E-state index in [1.54, 1.807) is 0 Å². The van der Waals surface area contributed by atoms with Gasteiger partial charge in [-0.25, -0.2) is 0 Å². The van der Waals surface area contributed by atoms with Gasteiger partial charge in [0.05, 0.1) is 11.8 Å². The fourth-order valence-corrected chi connectivity index (χ4v) is 2.70. The van der Waals surface area contributed by atoms with Crippen LogP contribution in [0.5, 0.6) is 0 Å². The van der Waals surface area contributed by atoms with Gasteiger partial charge in [-0.3, -0.25) is 9.59 Å². The summed E-state index contributed by atoms with van der Waals surface area (Å²) in [6.07, 6.45) is 10.0. The van der Waals surface area contributed by atoms with Crippen molar-refractivity contribution in [2.45, 2.75) is 84.5 Å². The van der Waals surface area contributed by atoms with Crippen LogP contribution in [0.3, 0.4) is 0 Å². The zero-order chi connectivity index (χ0) is 16.1. The maximum atomic E-state index is 11.3. The average Bonchev–Trinajstić information content (AvgIpc) is 2.43. The third kappa shape index (κ3) is 12.5. The number of carbonyl (C=O) groups is 2. The summed E-state index contributed by atoms with van der Waals surface area (Å²) in [6, 6.07) is 0. The van der Waals surface area contributed by atoms with E-state index in [0.29, 0.717) is 25.7 Å². The second kappa shape index (κ2) is 15.8. The molecule has 0 amide bonds. The van der Waals surface area contributed by atoms with Crippen LogP contribution in [0, 0.1) is 11.8 Å². The van der Waals surface area contributed by atoms with Crippen molar-refractivity contribution >= 4 is 41.5 Å². The Balaban J connectivity index is 0. The van der Waals surface area contributed by atoms with Crippen molar-refractivity contribution in [3.8, 4) is 0 Å². The standard InChI is InChI=1S/C17H32O4.Na.H/c1-3-5-6-7-8-9-11-15(17(20)21)13-12-14(10-4-2)16(18)19;;/h14-15H,3-13H2,1-2H3,(H,18,19)(H,20,21);;. The van der Waals surface area contributed by atoms with Gasteiger partial charge in [0.1, 0.15) is 0 Å². The molecule has 126 valence electrons. The molecule has 0 aliphatic heterocycles. The Labute approximate surface area is 157 Å². The zero-order valence-electron chi connectivity index (χ0n) is 13.6. The summed E-state index contributed by atoms with van der Waals surface area (Å²) in [5.74, 6) is -2.33. The van der Waals surface area contributed by atoms with Gasteiger partial charge in [-0.15, -0.1) is 0 Å². The summed E-state index contributed by atoms with van der Waals surface area (Å²) in [7, 11) is 0. The molecule has 4 nitrogen and oxygen atoms in total. The fraction of sp³-hybridized carbons (Fsp3) is 0.882. The van der Waals surface area contributed by atoms with Crippen LogP contribution in [0.25, 0.3) is 0 Å². The number of rotatable bonds is 14. The maximum absolute atomic E-state index is 11.3. The van der Waals surface area contributed by atoms with Crippen LogP contribution in [-0.2, 0) is 9.59 Å². The number of unbranched alkanes of at least 4 members (excludes halogenated alkanes) is 5. The van der Waals surface area contributed by atoms with E-state index < -0.39 is 11.9 Å². The van der Waals surface area contributed by atoms with E-state index in [1.807, 2.05) is 6.92 Å². The van der Waals surface area contributed by atoms with Gasteiger partial charge in [0.25, 0.3) is 0 Å². The van der Waals surface area contributed by atoms with Crippen LogP contribution < -0.4 is 0 Å². The number of hydrogen-bond acceptors (Lipinski definition) is 2. The second-order valence-corrected chi connectivity index (χ2v) is 5.99. The van der Waals surface area contributed by atoms with Gasteiger partial charge in [-0.05, 0) is 25.7 Å². The third-order valence-electron chi connectivity index (χ3n) is 4.11. The van der Waals surface area contributed by atoms with Crippen molar-refractivity contribution in [1.29, 1.82) is 0 Å². The first-order valence-corrected chi connectivity index (χ1v) is 8.48. The molecule has 0 aliphatic carbocycles. The minimum absolute atomic E-state index is 0. The molecule has 5 heteroatoms. The molecule has 0 spiro atoms. The molecule has 22 heavy (non-hydrogen) atoms. The minimum atomic E-state index is -0.791. The second-order valence-electron chi connectivity index (χ2n) is 5.99. The van der Waals surface area contributed by atoms with Crippen molar-refractivity contribution < 1.29 is 19.8 Å². The molecule has 0 aliphatic rings. The molecule has 0 bridgehead atoms. The molecule has 0 aromatic carbocycles. The quantitative estimate of drug-likeness (QED) is 0.373. The summed E-state index contributed by atoms with van der Waals surface area (Å²) in [5.41, 5.74) is 0. The van der Waals surface area contributed by atoms with Crippen LogP contribution in [0.2, 0.25) is 0 Å². The van der Waals surface area contributed by atoms with Gasteiger partial charge in [0, 0.05) is 0 Å². The Morgan fingerprint density at radius 1 is 0.682 bits per heavy atom. The van der Waals surface area contributed by atoms with E-state index in [9.17, 15) is 14.7 Å². The monoisotopic (exact) mass is 324 g/mol. The van der Waals surface area contributed by atoms with E-state index >= 15 is 0 Å². The number of carboxylic acid groups (broad SMARTS) is 2. The number of hydrogen-bond donors (Lipinski definition) is 2. The number of carboxylic acids is 2. The molecule has 0 aromatic heterocycles. The molecular formula is C17H33NaO4. The van der Waals surface area contributed by atoms with Gasteiger partial charge < -0.3 is 10.2 Å². The first kappa shape index (κ1) is 24.2. The molecule has 2 unspecified atom stereocenters. The van der Waals surface area contributed by atoms with Crippen LogP contribution >= 0.6 is 0 Å². The van der Waals surface area contributed by atoms with Crippen molar-refractivity contribution in [2.75, 3.05) is 0 Å². The molecule has 0 heterocycles. The summed E-state index contributed by atoms with van der Waals surface area (Å²) in [4.78, 5) is 22.3. The summed E-state index contributed by atoms with van der Waals surface area (Å²) < 4.78 is 0. The van der Waals surface area contributed by atoms with Crippen LogP contribution in [-0.4, -0.2) is 51.7 Å². The molecule has 0 fully saturated rings. The zero-order valence-corrected chi connectivity index (χ0v) is 13.6. The fourth-order valence-electron chi connectivity index (χ4n) is 2.70. The van der Waals surface area contributed by atoms with Crippen molar-refractivity contribution in [3.63, 3.8) is 0 Å². The molecule has 0 saturated heterocycles. The topological polar surface area (TPSA) is 74.6 Å². The molecule has 2 atom stereocenters. The van der Waals surface area contributed by atoms with Gasteiger partial charge >= 0.3 is 41.5 Å². The Morgan fingerprint density at radius 3 is 1.59 bits per heavy atom. The van der Waals surface area contributed by atoms with E-state index in [2.05, 4.69) is 6.92 Å². The van der Waals surface area contributed by atoms with Crippen LogP contribution in [0.4, 0.5) is 0 Å². The first-order chi connectivity index (χ1) is 10.0. The van der Waals surface area contributed by atoms with Gasteiger partial charge in [-0.1, -0.05) is 58.8 Å². The third-order valence-corrected chi connectivity index (χ3v) is 4.11. The van der Waals surface area contributed by atoms with Crippen LogP contribution in [0.1, 0.15) is 84.5 Å². The summed E-state index contributed by atoms with van der Waals surface area (Å²) in [5, 5.41) is 18.4. The molecule has 0 aromatic rings. The van der Waals surface area contributed by atoms with Gasteiger partial charge in [0.15, 0.2) is 0 Å². The Hall–Kier alpha value is -0.0600. The van der Waals surface area contributed by atoms with Gasteiger partial charge in [-0.2, -0.15) is 0 Å². The Bertz CT molecular complexity index is 294. The van der Waals surface area contributed by atoms with E-state index in [4.69, 9.17) is 5.11 Å². The van der Waals surface area contributed by atoms with E-state index in [0.717, 1.165) is 19.3 Å². The average molecular weight is 324 g/mol. The molecule has 0 saturated carbocycles. The van der Waals surface area contributed by atoms with Crippen molar-refractivity contribution in [2.24, 2.45) is 11.8 Å². The Morgan fingerprint density at radius 2 is 1.14 bits per heavy atom. The SMILES string of the molecule is CCCCCCCCC(CCC(CCC)C(=O)O)C(=O)O.[NaH]. The molecule has 0 radical (unpaired) electrons.